The van der Waals surface area contributed by atoms with Crippen molar-refractivity contribution in [3.05, 3.63) is 0 Å². The SMILES string of the molecule is CCO[P+](=O)O.CCO[P+](=O)O.CCO[P+](=O)O.[Al]. The van der Waals surface area contributed by atoms with Crippen molar-refractivity contribution in [3.8, 4) is 0 Å². The predicted molar refractivity (Wildman–Crippen MR) is 70.1 cm³/mol. The maximum Gasteiger partial charge on any atom is 0.694 e. The summed E-state index contributed by atoms with van der Waals surface area (Å²) < 4.78 is 40.9. The molecular formula is C6H18AlO9P3+3. The van der Waals surface area contributed by atoms with E-state index in [0.717, 1.165) is 0 Å². The van der Waals surface area contributed by atoms with Crippen LogP contribution in [0.2, 0.25) is 0 Å². The smallest absolute Gasteiger partial charge is 0.133 e. The molecule has 0 aliphatic carbocycles. The van der Waals surface area contributed by atoms with Gasteiger partial charge in [-0.15, -0.1) is 28.3 Å². The van der Waals surface area contributed by atoms with Gasteiger partial charge in [0.05, 0.1) is 0 Å². The van der Waals surface area contributed by atoms with Crippen LogP contribution in [-0.2, 0) is 27.3 Å². The maximum atomic E-state index is 9.53. The molecule has 111 valence electrons. The van der Waals surface area contributed by atoms with Gasteiger partial charge < -0.3 is 0 Å². The molecule has 0 aliphatic heterocycles. The van der Waals surface area contributed by atoms with Gasteiger partial charge in [-0.05, 0) is 20.8 Å². The highest BCUT2D eigenvalue weighted by Crippen LogP contribution is 2.13. The Kier molecular flexibility index (Phi) is 34.7. The molecule has 0 fully saturated rings. The molecule has 13 heteroatoms. The lowest BCUT2D eigenvalue weighted by Crippen LogP contribution is -1.72. The zero-order chi connectivity index (χ0) is 15.0. The fourth-order valence-corrected chi connectivity index (χ4v) is 0.994. The van der Waals surface area contributed by atoms with Gasteiger partial charge in [0.2, 0.25) is 0 Å². The molecule has 0 heterocycles. The van der Waals surface area contributed by atoms with Crippen molar-refractivity contribution >= 4 is 42.1 Å². The normalized spacial score (nSPS) is 10.7. The summed E-state index contributed by atoms with van der Waals surface area (Å²) in [5, 5.41) is 0. The van der Waals surface area contributed by atoms with Gasteiger partial charge in [-0.2, -0.15) is 0 Å². The summed E-state index contributed by atoms with van der Waals surface area (Å²) in [5.41, 5.74) is 0. The Morgan fingerprint density at radius 1 is 0.684 bits per heavy atom. The van der Waals surface area contributed by atoms with Crippen molar-refractivity contribution in [3.63, 3.8) is 0 Å². The molecular weight excluding hydrogens is 336 g/mol. The van der Waals surface area contributed by atoms with E-state index in [4.69, 9.17) is 14.7 Å². The first-order valence-electron chi connectivity index (χ1n) is 4.68. The minimum atomic E-state index is -2.35. The Balaban J connectivity index is -0.0000000865. The van der Waals surface area contributed by atoms with Crippen LogP contribution in [0, 0.1) is 0 Å². The molecule has 3 unspecified atom stereocenters. The Morgan fingerprint density at radius 3 is 0.842 bits per heavy atom. The van der Waals surface area contributed by atoms with Gasteiger partial charge >= 0.3 is 24.8 Å². The molecule has 0 spiro atoms. The van der Waals surface area contributed by atoms with Gasteiger partial charge in [0.1, 0.15) is 19.8 Å². The van der Waals surface area contributed by atoms with Crippen LogP contribution >= 0.6 is 24.8 Å². The fraction of sp³-hybridized carbons (Fsp3) is 1.00. The van der Waals surface area contributed by atoms with E-state index in [1.54, 1.807) is 20.8 Å². The first kappa shape index (κ1) is 27.9. The summed E-state index contributed by atoms with van der Waals surface area (Å²) >= 11 is 0. The van der Waals surface area contributed by atoms with Gasteiger partial charge in [0.15, 0.2) is 0 Å². The lowest BCUT2D eigenvalue weighted by atomic mass is 10.9. The molecule has 3 radical (unpaired) electrons. The maximum absolute atomic E-state index is 9.53. The monoisotopic (exact) mass is 354 g/mol. The third-order valence-corrected chi connectivity index (χ3v) is 2.16. The third-order valence-electron chi connectivity index (χ3n) is 0.719. The van der Waals surface area contributed by atoms with Crippen LogP contribution in [0.25, 0.3) is 0 Å². The molecule has 0 aromatic rings. The molecule has 0 amide bonds. The summed E-state index contributed by atoms with van der Waals surface area (Å²) in [6.45, 7) is 5.86. The van der Waals surface area contributed by atoms with Gasteiger partial charge in [-0.1, -0.05) is 0 Å². The van der Waals surface area contributed by atoms with E-state index >= 15 is 0 Å². The van der Waals surface area contributed by atoms with Crippen LogP contribution in [0.5, 0.6) is 0 Å². The number of hydrogen-bond donors (Lipinski definition) is 3. The lowest BCUT2D eigenvalue weighted by Gasteiger charge is -1.68. The Bertz CT molecular complexity index is 202. The van der Waals surface area contributed by atoms with Crippen molar-refractivity contribution in [2.24, 2.45) is 0 Å². The molecule has 0 saturated heterocycles. The Labute approximate surface area is 125 Å². The van der Waals surface area contributed by atoms with Crippen LogP contribution in [0.4, 0.5) is 0 Å². The van der Waals surface area contributed by atoms with E-state index in [2.05, 4.69) is 13.6 Å². The standard InChI is InChI=1S/3C2H5O3P.Al/c3*1-2-5-6(3)4;/h3*2H2,1H3;/p+3. The average Bonchev–Trinajstić information content (AvgIpc) is 2.18. The Morgan fingerprint density at radius 2 is 0.842 bits per heavy atom. The molecule has 3 atom stereocenters. The second-order valence-corrected chi connectivity index (χ2v) is 4.17. The first-order chi connectivity index (χ1) is 8.31. The summed E-state index contributed by atoms with van der Waals surface area (Å²) in [4.78, 5) is 23.5. The molecule has 0 aliphatic rings. The predicted octanol–water partition coefficient (Wildman–Crippen LogP) is 1.64. The number of hydrogen-bond acceptors (Lipinski definition) is 6. The molecule has 0 rings (SSSR count). The molecule has 0 aromatic carbocycles. The van der Waals surface area contributed by atoms with Crippen LogP contribution in [0.3, 0.4) is 0 Å². The van der Waals surface area contributed by atoms with E-state index in [9.17, 15) is 13.7 Å². The van der Waals surface area contributed by atoms with Crippen molar-refractivity contribution in [2.45, 2.75) is 20.8 Å². The van der Waals surface area contributed by atoms with Crippen molar-refractivity contribution in [1.29, 1.82) is 0 Å². The molecule has 3 N–H and O–H groups in total. The fourth-order valence-electron chi connectivity index (χ4n) is 0.331. The van der Waals surface area contributed by atoms with Crippen LogP contribution in [0.1, 0.15) is 20.8 Å². The Hall–Kier alpha value is 0.592. The van der Waals surface area contributed by atoms with E-state index in [1.165, 1.54) is 0 Å². The second kappa shape index (κ2) is 23.7. The van der Waals surface area contributed by atoms with Gasteiger partial charge in [0.25, 0.3) is 0 Å². The molecule has 0 aromatic heterocycles. The van der Waals surface area contributed by atoms with Gasteiger partial charge in [0, 0.05) is 31.1 Å². The van der Waals surface area contributed by atoms with E-state index in [1.807, 2.05) is 0 Å². The van der Waals surface area contributed by atoms with Crippen molar-refractivity contribution in [1.82, 2.24) is 0 Å². The zero-order valence-electron chi connectivity index (χ0n) is 10.8. The first-order valence-corrected chi connectivity index (χ1v) is 8.07. The molecule has 0 bridgehead atoms. The van der Waals surface area contributed by atoms with Crippen LogP contribution < -0.4 is 0 Å². The number of rotatable bonds is 6. The average molecular weight is 354 g/mol. The minimum absolute atomic E-state index is 0. The van der Waals surface area contributed by atoms with E-state index < -0.39 is 24.8 Å². The summed E-state index contributed by atoms with van der Waals surface area (Å²) in [7, 11) is -7.05. The molecule has 9 nitrogen and oxygen atoms in total. The van der Waals surface area contributed by atoms with E-state index in [0.29, 0.717) is 19.8 Å². The van der Waals surface area contributed by atoms with Gasteiger partial charge in [-0.25, -0.2) is 0 Å². The highest BCUT2D eigenvalue weighted by atomic mass is 31.1. The molecule has 19 heavy (non-hydrogen) atoms. The summed E-state index contributed by atoms with van der Waals surface area (Å²) in [6, 6.07) is 0. The highest BCUT2D eigenvalue weighted by molar-refractivity contribution is 7.32. The lowest BCUT2D eigenvalue weighted by molar-refractivity contribution is 0.296. The van der Waals surface area contributed by atoms with Crippen LogP contribution in [0.15, 0.2) is 0 Å². The second-order valence-electron chi connectivity index (χ2n) is 1.97. The quantitative estimate of drug-likeness (QED) is 0.479. The van der Waals surface area contributed by atoms with Crippen LogP contribution in [-0.4, -0.2) is 51.9 Å². The highest BCUT2D eigenvalue weighted by Gasteiger charge is 2.07. The summed E-state index contributed by atoms with van der Waals surface area (Å²) in [5.74, 6) is 0. The van der Waals surface area contributed by atoms with E-state index in [-0.39, 0.29) is 17.4 Å². The zero-order valence-corrected chi connectivity index (χ0v) is 14.7. The van der Waals surface area contributed by atoms with Crippen molar-refractivity contribution in [2.75, 3.05) is 19.8 Å². The largest absolute Gasteiger partial charge is 0.694 e. The molecule has 0 saturated carbocycles. The van der Waals surface area contributed by atoms with Gasteiger partial charge in [-0.3, -0.25) is 0 Å². The topological polar surface area (TPSA) is 140 Å². The minimum Gasteiger partial charge on any atom is -0.133 e. The third kappa shape index (κ3) is 55.6. The summed E-state index contributed by atoms with van der Waals surface area (Å²) in [6.07, 6.45) is 0. The van der Waals surface area contributed by atoms with Crippen molar-refractivity contribution < 1.29 is 41.9 Å².